The van der Waals surface area contributed by atoms with E-state index in [2.05, 4.69) is 5.10 Å². The summed E-state index contributed by atoms with van der Waals surface area (Å²) in [5.41, 5.74) is 11.1. The van der Waals surface area contributed by atoms with Crippen LogP contribution in [0.3, 0.4) is 0 Å². The molecule has 134 valence electrons. The number of nitrogens with zero attached hydrogens (tertiary/aromatic N) is 2. The van der Waals surface area contributed by atoms with Crippen molar-refractivity contribution in [3.8, 4) is 22.7 Å². The molecule has 0 bridgehead atoms. The highest BCUT2D eigenvalue weighted by Crippen LogP contribution is 2.36. The lowest BCUT2D eigenvalue weighted by Gasteiger charge is -2.16. The summed E-state index contributed by atoms with van der Waals surface area (Å²) in [6.45, 7) is 7.39. The Morgan fingerprint density at radius 1 is 1.15 bits per heavy atom. The van der Waals surface area contributed by atoms with Gasteiger partial charge in [0.15, 0.2) is 0 Å². The van der Waals surface area contributed by atoms with Gasteiger partial charge in [-0.05, 0) is 43.7 Å². The van der Waals surface area contributed by atoms with Crippen LogP contribution in [0.15, 0.2) is 48.7 Å². The number of carbonyl (C=O) groups excluding carboxylic acids is 1. The van der Waals surface area contributed by atoms with E-state index in [0.717, 1.165) is 28.1 Å². The van der Waals surface area contributed by atoms with E-state index in [9.17, 15) is 4.79 Å². The molecular formula is C21H23N3O2. The van der Waals surface area contributed by atoms with E-state index in [1.165, 1.54) is 0 Å². The fraction of sp³-hybridized carbons (Fsp3) is 0.238. The van der Waals surface area contributed by atoms with E-state index in [1.54, 1.807) is 13.8 Å². The van der Waals surface area contributed by atoms with Gasteiger partial charge >= 0.3 is 5.97 Å². The monoisotopic (exact) mass is 349 g/mol. The lowest BCUT2D eigenvalue weighted by atomic mass is 10.0. The van der Waals surface area contributed by atoms with Gasteiger partial charge in [0, 0.05) is 23.0 Å². The van der Waals surface area contributed by atoms with Gasteiger partial charge in [-0.25, -0.2) is 4.68 Å². The topological polar surface area (TPSA) is 70.1 Å². The van der Waals surface area contributed by atoms with Crippen molar-refractivity contribution >= 4 is 11.7 Å². The SMILES string of the molecule is Cc1cc(-c2ccn(-c3ccccc3)n2)c(N)c(C)c1OC(=O)C(C)C. The minimum absolute atomic E-state index is 0.198. The third-order valence-corrected chi connectivity index (χ3v) is 4.31. The highest BCUT2D eigenvalue weighted by atomic mass is 16.5. The first-order chi connectivity index (χ1) is 12.4. The Morgan fingerprint density at radius 2 is 1.85 bits per heavy atom. The smallest absolute Gasteiger partial charge is 0.313 e. The average Bonchev–Trinajstić information content (AvgIpc) is 3.12. The zero-order valence-electron chi connectivity index (χ0n) is 15.5. The van der Waals surface area contributed by atoms with Crippen molar-refractivity contribution < 1.29 is 9.53 Å². The average molecular weight is 349 g/mol. The summed E-state index contributed by atoms with van der Waals surface area (Å²) in [5, 5.41) is 4.64. The molecule has 2 N–H and O–H groups in total. The molecular weight excluding hydrogens is 326 g/mol. The molecule has 0 saturated heterocycles. The maximum Gasteiger partial charge on any atom is 0.313 e. The van der Waals surface area contributed by atoms with E-state index in [-0.39, 0.29) is 11.9 Å². The molecule has 0 atom stereocenters. The zero-order chi connectivity index (χ0) is 18.8. The number of esters is 1. The molecule has 0 aliphatic carbocycles. The van der Waals surface area contributed by atoms with Crippen LogP contribution in [0.5, 0.6) is 5.75 Å². The second-order valence-corrected chi connectivity index (χ2v) is 6.67. The molecule has 0 saturated carbocycles. The van der Waals surface area contributed by atoms with Gasteiger partial charge in [0.05, 0.1) is 17.3 Å². The van der Waals surface area contributed by atoms with E-state index < -0.39 is 0 Å². The summed E-state index contributed by atoms with van der Waals surface area (Å²) < 4.78 is 7.35. The summed E-state index contributed by atoms with van der Waals surface area (Å²) in [5.74, 6) is 0.0698. The first-order valence-electron chi connectivity index (χ1n) is 8.61. The normalized spacial score (nSPS) is 11.0. The molecule has 0 spiro atoms. The van der Waals surface area contributed by atoms with Crippen LogP contribution in [0.1, 0.15) is 25.0 Å². The molecule has 2 aromatic carbocycles. The Bertz CT molecular complexity index is 943. The number of aromatic nitrogens is 2. The molecule has 0 aliphatic rings. The van der Waals surface area contributed by atoms with Gasteiger partial charge in [0.25, 0.3) is 0 Å². The van der Waals surface area contributed by atoms with Gasteiger partial charge in [-0.15, -0.1) is 0 Å². The number of nitrogen functional groups attached to an aromatic ring is 1. The molecule has 3 rings (SSSR count). The number of carbonyl (C=O) groups is 1. The van der Waals surface area contributed by atoms with E-state index in [1.807, 2.05) is 67.2 Å². The quantitative estimate of drug-likeness (QED) is 0.433. The fourth-order valence-corrected chi connectivity index (χ4v) is 2.76. The minimum Gasteiger partial charge on any atom is -0.426 e. The molecule has 1 heterocycles. The Hall–Kier alpha value is -3.08. The number of hydrogen-bond acceptors (Lipinski definition) is 4. The summed E-state index contributed by atoms with van der Waals surface area (Å²) in [4.78, 5) is 12.0. The number of rotatable bonds is 4. The maximum absolute atomic E-state index is 12.0. The first-order valence-corrected chi connectivity index (χ1v) is 8.61. The van der Waals surface area contributed by atoms with Crippen LogP contribution < -0.4 is 10.5 Å². The Kier molecular flexibility index (Phi) is 4.80. The van der Waals surface area contributed by atoms with Gasteiger partial charge in [0.2, 0.25) is 0 Å². The van der Waals surface area contributed by atoms with Crippen molar-refractivity contribution in [1.29, 1.82) is 0 Å². The van der Waals surface area contributed by atoms with Crippen molar-refractivity contribution in [2.24, 2.45) is 5.92 Å². The van der Waals surface area contributed by atoms with Gasteiger partial charge in [-0.1, -0.05) is 32.0 Å². The number of para-hydroxylation sites is 1. The molecule has 5 heteroatoms. The van der Waals surface area contributed by atoms with Crippen molar-refractivity contribution in [1.82, 2.24) is 9.78 Å². The maximum atomic E-state index is 12.0. The summed E-state index contributed by atoms with van der Waals surface area (Å²) in [6.07, 6.45) is 1.90. The van der Waals surface area contributed by atoms with Crippen LogP contribution in [0, 0.1) is 19.8 Å². The third-order valence-electron chi connectivity index (χ3n) is 4.31. The fourth-order valence-electron chi connectivity index (χ4n) is 2.76. The van der Waals surface area contributed by atoms with Crippen LogP contribution in [-0.4, -0.2) is 15.7 Å². The molecule has 0 radical (unpaired) electrons. The van der Waals surface area contributed by atoms with Crippen LogP contribution >= 0.6 is 0 Å². The predicted octanol–water partition coefficient (Wildman–Crippen LogP) is 4.30. The Balaban J connectivity index is 2.00. The highest BCUT2D eigenvalue weighted by Gasteiger charge is 2.19. The highest BCUT2D eigenvalue weighted by molar-refractivity contribution is 5.82. The molecule has 0 unspecified atom stereocenters. The Morgan fingerprint density at radius 3 is 2.50 bits per heavy atom. The molecule has 26 heavy (non-hydrogen) atoms. The third kappa shape index (κ3) is 3.33. The van der Waals surface area contributed by atoms with Crippen LogP contribution in [-0.2, 0) is 4.79 Å². The zero-order valence-corrected chi connectivity index (χ0v) is 15.5. The van der Waals surface area contributed by atoms with Crippen LogP contribution in [0.25, 0.3) is 16.9 Å². The van der Waals surface area contributed by atoms with Gasteiger partial charge < -0.3 is 10.5 Å². The second-order valence-electron chi connectivity index (χ2n) is 6.67. The van der Waals surface area contributed by atoms with E-state index in [4.69, 9.17) is 10.5 Å². The predicted molar refractivity (Wildman–Crippen MR) is 103 cm³/mol. The standard InChI is InChI=1S/C21H23N3O2/c1-13(2)21(25)26-20-14(3)12-17(19(22)15(20)4)18-10-11-24(23-18)16-8-6-5-7-9-16/h5-13H,22H2,1-4H3. The number of nitrogens with two attached hydrogens (primary N) is 1. The van der Waals surface area contributed by atoms with Crippen LogP contribution in [0.2, 0.25) is 0 Å². The van der Waals surface area contributed by atoms with Crippen molar-refractivity contribution in [2.75, 3.05) is 5.73 Å². The van der Waals surface area contributed by atoms with E-state index >= 15 is 0 Å². The van der Waals surface area contributed by atoms with Crippen molar-refractivity contribution in [3.05, 3.63) is 59.8 Å². The number of benzene rings is 2. The molecule has 0 fully saturated rings. The lowest BCUT2D eigenvalue weighted by molar-refractivity contribution is -0.137. The van der Waals surface area contributed by atoms with Crippen LogP contribution in [0.4, 0.5) is 5.69 Å². The van der Waals surface area contributed by atoms with Gasteiger partial charge in [-0.3, -0.25) is 4.79 Å². The molecule has 0 aliphatic heterocycles. The van der Waals surface area contributed by atoms with E-state index in [0.29, 0.717) is 11.4 Å². The second kappa shape index (κ2) is 7.04. The summed E-state index contributed by atoms with van der Waals surface area (Å²) in [6, 6.07) is 13.7. The first kappa shape index (κ1) is 17.7. The number of aryl methyl sites for hydroxylation is 1. The lowest BCUT2D eigenvalue weighted by Crippen LogP contribution is -2.16. The number of hydrogen-bond donors (Lipinski definition) is 1. The number of anilines is 1. The molecule has 3 aromatic rings. The van der Waals surface area contributed by atoms with Gasteiger partial charge in [-0.2, -0.15) is 5.10 Å². The molecule has 5 nitrogen and oxygen atoms in total. The van der Waals surface area contributed by atoms with Crippen molar-refractivity contribution in [2.45, 2.75) is 27.7 Å². The molecule has 1 aromatic heterocycles. The number of ether oxygens (including phenoxy) is 1. The summed E-state index contributed by atoms with van der Waals surface area (Å²) in [7, 11) is 0. The van der Waals surface area contributed by atoms with Gasteiger partial charge in [0.1, 0.15) is 5.75 Å². The largest absolute Gasteiger partial charge is 0.426 e. The van der Waals surface area contributed by atoms with Crippen molar-refractivity contribution in [3.63, 3.8) is 0 Å². The minimum atomic E-state index is -0.267. The molecule has 0 amide bonds. The Labute approximate surface area is 153 Å². The summed E-state index contributed by atoms with van der Waals surface area (Å²) >= 11 is 0.